The van der Waals surface area contributed by atoms with E-state index in [4.69, 9.17) is 5.11 Å². The number of hydrogen-bond acceptors (Lipinski definition) is 1. The highest BCUT2D eigenvalue weighted by atomic mass is 35.5. The Labute approximate surface area is 61.0 Å². The van der Waals surface area contributed by atoms with Crippen molar-refractivity contribution in [1.29, 1.82) is 0 Å². The third-order valence-corrected chi connectivity index (χ3v) is 0.175. The minimum absolute atomic E-state index is 0. The molecule has 0 unspecified atom stereocenters. The molecular formula is C5H12ClNO2. The van der Waals surface area contributed by atoms with Crippen molar-refractivity contribution < 1.29 is 28.0 Å². The van der Waals surface area contributed by atoms with Crippen molar-refractivity contribution in [1.82, 2.24) is 0 Å². The van der Waals surface area contributed by atoms with E-state index in [0.29, 0.717) is 0 Å². The van der Waals surface area contributed by atoms with Gasteiger partial charge in [-0.3, -0.25) is 0 Å². The zero-order chi connectivity index (χ0) is 6.99. The lowest BCUT2D eigenvalue weighted by Crippen LogP contribution is -3.00. The standard InChI is InChI=1S/C3H4O2.C2H7N.ClH/c1-2-3(4)5;1-2-3;/h2H,1H2,(H,4,5);2-3H2,1H3;1H. The molecule has 9 heavy (non-hydrogen) atoms. The molecule has 0 amide bonds. The van der Waals surface area contributed by atoms with Gasteiger partial charge in [-0.1, -0.05) is 6.58 Å². The van der Waals surface area contributed by atoms with E-state index in [-0.39, 0.29) is 12.4 Å². The Morgan fingerprint density at radius 2 is 2.00 bits per heavy atom. The second kappa shape index (κ2) is 15.7. The Morgan fingerprint density at radius 1 is 1.89 bits per heavy atom. The van der Waals surface area contributed by atoms with Crippen LogP contribution < -0.4 is 18.1 Å². The van der Waals surface area contributed by atoms with Gasteiger partial charge < -0.3 is 23.2 Å². The normalized spacial score (nSPS) is 5.56. The maximum Gasteiger partial charge on any atom is 0.327 e. The van der Waals surface area contributed by atoms with Gasteiger partial charge in [0.1, 0.15) is 0 Å². The number of hydrogen-bond donors (Lipinski definition) is 2. The molecule has 0 heterocycles. The summed E-state index contributed by atoms with van der Waals surface area (Å²) in [6.07, 6.45) is 0.833. The molecule has 56 valence electrons. The molecular weight excluding hydrogens is 142 g/mol. The molecule has 0 aromatic rings. The summed E-state index contributed by atoms with van der Waals surface area (Å²) >= 11 is 0. The summed E-state index contributed by atoms with van der Waals surface area (Å²) in [5.74, 6) is -0.981. The van der Waals surface area contributed by atoms with E-state index < -0.39 is 5.97 Å². The molecule has 0 aliphatic carbocycles. The molecule has 4 N–H and O–H groups in total. The average molecular weight is 154 g/mol. The minimum Gasteiger partial charge on any atom is -1.00 e. The summed E-state index contributed by atoms with van der Waals surface area (Å²) in [4.78, 5) is 9.25. The van der Waals surface area contributed by atoms with Gasteiger partial charge in [0.15, 0.2) is 0 Å². The van der Waals surface area contributed by atoms with Crippen LogP contribution in [0.4, 0.5) is 0 Å². The quantitative estimate of drug-likeness (QED) is 0.384. The van der Waals surface area contributed by atoms with Crippen molar-refractivity contribution in [3.63, 3.8) is 0 Å². The van der Waals surface area contributed by atoms with E-state index in [2.05, 4.69) is 12.3 Å². The average Bonchev–Trinajstić information content (AvgIpc) is 1.69. The van der Waals surface area contributed by atoms with Gasteiger partial charge in [-0.25, -0.2) is 4.79 Å². The summed E-state index contributed by atoms with van der Waals surface area (Å²) in [6.45, 7) is 5.97. The van der Waals surface area contributed by atoms with Crippen molar-refractivity contribution in [2.45, 2.75) is 6.92 Å². The van der Waals surface area contributed by atoms with E-state index in [9.17, 15) is 4.79 Å². The molecule has 0 spiro atoms. The second-order valence-electron chi connectivity index (χ2n) is 1.04. The van der Waals surface area contributed by atoms with E-state index in [0.717, 1.165) is 12.6 Å². The van der Waals surface area contributed by atoms with Gasteiger partial charge in [0, 0.05) is 6.08 Å². The van der Waals surface area contributed by atoms with Gasteiger partial charge in [-0.05, 0) is 6.92 Å². The third kappa shape index (κ3) is 104. The number of halogens is 1. The largest absolute Gasteiger partial charge is 1.00 e. The fourth-order valence-electron chi connectivity index (χ4n) is 0. The Kier molecular flexibility index (Phi) is 27.5. The third-order valence-electron chi connectivity index (χ3n) is 0.175. The number of quaternary nitrogens is 1. The van der Waals surface area contributed by atoms with Crippen molar-refractivity contribution in [3.8, 4) is 0 Å². The van der Waals surface area contributed by atoms with E-state index in [1.165, 1.54) is 0 Å². The summed E-state index contributed by atoms with van der Waals surface area (Å²) < 4.78 is 0. The molecule has 0 aromatic carbocycles. The predicted octanol–water partition coefficient (Wildman–Crippen LogP) is -3.49. The van der Waals surface area contributed by atoms with E-state index >= 15 is 0 Å². The number of carboxylic acids is 1. The minimum atomic E-state index is -0.981. The molecule has 0 aliphatic rings. The Balaban J connectivity index is -0.0000000800. The van der Waals surface area contributed by atoms with Gasteiger partial charge >= 0.3 is 5.97 Å². The van der Waals surface area contributed by atoms with Crippen LogP contribution in [0.2, 0.25) is 0 Å². The lowest BCUT2D eigenvalue weighted by molar-refractivity contribution is -0.361. The first-order chi connectivity index (χ1) is 3.68. The molecule has 0 bridgehead atoms. The molecule has 0 aromatic heterocycles. The monoisotopic (exact) mass is 153 g/mol. The van der Waals surface area contributed by atoms with Crippen LogP contribution in [0.1, 0.15) is 6.92 Å². The van der Waals surface area contributed by atoms with Gasteiger partial charge in [-0.2, -0.15) is 0 Å². The summed E-state index contributed by atoms with van der Waals surface area (Å²) in [7, 11) is 0. The molecule has 0 rings (SSSR count). The first-order valence-electron chi connectivity index (χ1n) is 2.33. The van der Waals surface area contributed by atoms with Gasteiger partial charge in [0.2, 0.25) is 0 Å². The Bertz CT molecular complexity index is 75.4. The number of aliphatic carboxylic acids is 1. The molecule has 0 radical (unpaired) electrons. The van der Waals surface area contributed by atoms with Crippen LogP contribution in [-0.2, 0) is 4.79 Å². The molecule has 0 saturated carbocycles. The van der Waals surface area contributed by atoms with Crippen LogP contribution in [0.3, 0.4) is 0 Å². The zero-order valence-electron chi connectivity index (χ0n) is 5.43. The summed E-state index contributed by atoms with van der Waals surface area (Å²) in [5, 5.41) is 7.60. The SMILES string of the molecule is C=CC(=O)O.CC[NH3+].[Cl-]. The fourth-order valence-corrected chi connectivity index (χ4v) is 0. The molecule has 0 atom stereocenters. The molecule has 0 saturated heterocycles. The highest BCUT2D eigenvalue weighted by Gasteiger charge is 1.73. The number of carboxylic acid groups (broad SMARTS) is 1. The first-order valence-corrected chi connectivity index (χ1v) is 2.33. The first kappa shape index (κ1) is 15.8. The van der Waals surface area contributed by atoms with E-state index in [1.54, 1.807) is 0 Å². The van der Waals surface area contributed by atoms with Gasteiger partial charge in [-0.15, -0.1) is 0 Å². The fraction of sp³-hybridized carbons (Fsp3) is 0.400. The topological polar surface area (TPSA) is 64.9 Å². The zero-order valence-corrected chi connectivity index (χ0v) is 6.19. The number of rotatable bonds is 1. The van der Waals surface area contributed by atoms with Gasteiger partial charge in [0.05, 0.1) is 6.54 Å². The van der Waals surface area contributed by atoms with Crippen molar-refractivity contribution in [2.75, 3.05) is 6.54 Å². The highest BCUT2D eigenvalue weighted by molar-refractivity contribution is 5.78. The predicted molar refractivity (Wildman–Crippen MR) is 31.3 cm³/mol. The molecule has 3 nitrogen and oxygen atoms in total. The van der Waals surface area contributed by atoms with Crippen LogP contribution in [0.5, 0.6) is 0 Å². The number of carbonyl (C=O) groups is 1. The lowest BCUT2D eigenvalue weighted by Gasteiger charge is -1.64. The maximum atomic E-state index is 9.25. The van der Waals surface area contributed by atoms with Crippen LogP contribution in [0.25, 0.3) is 0 Å². The van der Waals surface area contributed by atoms with Crippen molar-refractivity contribution >= 4 is 5.97 Å². The maximum absolute atomic E-state index is 9.25. The molecule has 0 fully saturated rings. The van der Waals surface area contributed by atoms with Gasteiger partial charge in [0.25, 0.3) is 0 Å². The Hall–Kier alpha value is -0.540. The molecule has 0 aliphatic heterocycles. The van der Waals surface area contributed by atoms with Crippen LogP contribution in [-0.4, -0.2) is 17.6 Å². The lowest BCUT2D eigenvalue weighted by atomic mass is 10.7. The smallest absolute Gasteiger partial charge is 0.327 e. The van der Waals surface area contributed by atoms with Crippen LogP contribution in [0.15, 0.2) is 12.7 Å². The van der Waals surface area contributed by atoms with E-state index in [1.807, 2.05) is 6.92 Å². The summed E-state index contributed by atoms with van der Waals surface area (Å²) in [5.41, 5.74) is 3.49. The molecule has 4 heteroatoms. The Morgan fingerprint density at radius 3 is 2.00 bits per heavy atom. The van der Waals surface area contributed by atoms with Crippen LogP contribution >= 0.6 is 0 Å². The summed E-state index contributed by atoms with van der Waals surface area (Å²) in [6, 6.07) is 0. The van der Waals surface area contributed by atoms with Crippen molar-refractivity contribution in [3.05, 3.63) is 12.7 Å². The van der Waals surface area contributed by atoms with Crippen molar-refractivity contribution in [2.24, 2.45) is 0 Å². The van der Waals surface area contributed by atoms with Crippen LogP contribution in [0, 0.1) is 0 Å². The second-order valence-corrected chi connectivity index (χ2v) is 1.04. The highest BCUT2D eigenvalue weighted by Crippen LogP contribution is 1.54.